The van der Waals surface area contributed by atoms with Crippen molar-refractivity contribution in [2.75, 3.05) is 0 Å². The Labute approximate surface area is 87.4 Å². The first-order valence-electron chi connectivity index (χ1n) is 4.81. The zero-order valence-electron chi connectivity index (χ0n) is 8.66. The van der Waals surface area contributed by atoms with Crippen LogP contribution >= 0.6 is 0 Å². The fourth-order valence-electron chi connectivity index (χ4n) is 1.43. The summed E-state index contributed by atoms with van der Waals surface area (Å²) in [6.07, 6.45) is -4.82. The molecule has 0 spiro atoms. The van der Waals surface area contributed by atoms with Crippen molar-refractivity contribution in [3.8, 4) is 0 Å². The molecule has 3 N–H and O–H groups in total. The first kappa shape index (κ1) is 12.4. The molecule has 1 aliphatic heterocycles. The van der Waals surface area contributed by atoms with Gasteiger partial charge in [0.05, 0.1) is 12.2 Å². The second-order valence-corrected chi connectivity index (χ2v) is 3.80. The highest BCUT2D eigenvalue weighted by atomic mass is 16.7. The van der Waals surface area contributed by atoms with E-state index in [1.54, 1.807) is 13.8 Å². The molecule has 0 aromatic carbocycles. The predicted molar refractivity (Wildman–Crippen MR) is 49.1 cm³/mol. The lowest BCUT2D eigenvalue weighted by Crippen LogP contribution is -2.52. The van der Waals surface area contributed by atoms with E-state index in [9.17, 15) is 15.0 Å². The molecule has 15 heavy (non-hydrogen) atoms. The third kappa shape index (κ3) is 3.13. The maximum atomic E-state index is 10.7. The van der Waals surface area contributed by atoms with Crippen molar-refractivity contribution in [1.29, 1.82) is 0 Å². The lowest BCUT2D eigenvalue weighted by Gasteiger charge is -2.35. The number of carbonyl (C=O) groups is 1. The highest BCUT2D eigenvalue weighted by Gasteiger charge is 2.41. The Bertz CT molecular complexity index is 229. The van der Waals surface area contributed by atoms with Gasteiger partial charge in [0.25, 0.3) is 0 Å². The molecule has 0 unspecified atom stereocenters. The van der Waals surface area contributed by atoms with Crippen LogP contribution in [0, 0.1) is 0 Å². The zero-order chi connectivity index (χ0) is 11.6. The van der Waals surface area contributed by atoms with Crippen LogP contribution in [0.25, 0.3) is 0 Å². The molecule has 1 saturated heterocycles. The molecule has 0 aliphatic carbocycles. The molecule has 0 aromatic rings. The van der Waals surface area contributed by atoms with Crippen molar-refractivity contribution in [1.82, 2.24) is 0 Å². The number of rotatable bonds is 3. The summed E-state index contributed by atoms with van der Waals surface area (Å²) in [5, 5.41) is 27.5. The van der Waals surface area contributed by atoms with E-state index in [4.69, 9.17) is 14.6 Å². The van der Waals surface area contributed by atoms with E-state index in [1.165, 1.54) is 0 Å². The molecule has 0 saturated carbocycles. The lowest BCUT2D eigenvalue weighted by atomic mass is 10.0. The molecule has 0 radical (unpaired) electrons. The largest absolute Gasteiger partial charge is 0.479 e. The van der Waals surface area contributed by atoms with Crippen molar-refractivity contribution in [2.45, 2.75) is 51.0 Å². The van der Waals surface area contributed by atoms with Crippen LogP contribution in [-0.2, 0) is 14.3 Å². The SMILES string of the molecule is CC(C)O[C@H]1C[C@@H](O)[C@H](O)[C@@H](C(=O)O)O1. The van der Waals surface area contributed by atoms with Crippen LogP contribution in [0.15, 0.2) is 0 Å². The number of carboxylic acids is 1. The van der Waals surface area contributed by atoms with Crippen molar-refractivity contribution >= 4 is 5.97 Å². The van der Waals surface area contributed by atoms with Crippen LogP contribution in [0.5, 0.6) is 0 Å². The van der Waals surface area contributed by atoms with Crippen LogP contribution in [0.3, 0.4) is 0 Å². The van der Waals surface area contributed by atoms with E-state index in [2.05, 4.69) is 0 Å². The average Bonchev–Trinajstić information content (AvgIpc) is 2.09. The summed E-state index contributed by atoms with van der Waals surface area (Å²) in [7, 11) is 0. The summed E-state index contributed by atoms with van der Waals surface area (Å²) < 4.78 is 10.2. The van der Waals surface area contributed by atoms with Gasteiger partial charge in [0.1, 0.15) is 6.10 Å². The standard InChI is InChI=1S/C9H16O6/c1-4(2)14-6-3-5(10)7(11)8(15-6)9(12)13/h4-8,10-11H,3H2,1-2H3,(H,12,13)/t5-,6-,7+,8+/m1/s1. The van der Waals surface area contributed by atoms with Crippen molar-refractivity contribution < 1.29 is 29.6 Å². The monoisotopic (exact) mass is 220 g/mol. The fourth-order valence-corrected chi connectivity index (χ4v) is 1.43. The summed E-state index contributed by atoms with van der Waals surface area (Å²) in [5.41, 5.74) is 0. The molecule has 4 atom stereocenters. The molecule has 6 heteroatoms. The van der Waals surface area contributed by atoms with Gasteiger partial charge < -0.3 is 24.8 Å². The van der Waals surface area contributed by atoms with Gasteiger partial charge in [0.2, 0.25) is 0 Å². The number of hydrogen-bond donors (Lipinski definition) is 3. The molecule has 0 bridgehead atoms. The van der Waals surface area contributed by atoms with Gasteiger partial charge in [-0.1, -0.05) is 0 Å². The Morgan fingerprint density at radius 1 is 1.47 bits per heavy atom. The van der Waals surface area contributed by atoms with Gasteiger partial charge in [-0.2, -0.15) is 0 Å². The fraction of sp³-hybridized carbons (Fsp3) is 0.889. The minimum absolute atomic E-state index is 0.0725. The molecule has 0 amide bonds. The minimum Gasteiger partial charge on any atom is -0.479 e. The third-order valence-electron chi connectivity index (χ3n) is 2.10. The van der Waals surface area contributed by atoms with Crippen LogP contribution in [0.4, 0.5) is 0 Å². The first-order chi connectivity index (χ1) is 6.91. The molecule has 1 rings (SSSR count). The average molecular weight is 220 g/mol. The smallest absolute Gasteiger partial charge is 0.335 e. The van der Waals surface area contributed by atoms with E-state index < -0.39 is 30.6 Å². The van der Waals surface area contributed by atoms with E-state index in [-0.39, 0.29) is 12.5 Å². The van der Waals surface area contributed by atoms with Gasteiger partial charge in [-0.05, 0) is 13.8 Å². The van der Waals surface area contributed by atoms with Crippen LogP contribution in [0.1, 0.15) is 20.3 Å². The molecule has 1 heterocycles. The van der Waals surface area contributed by atoms with Gasteiger partial charge in [0, 0.05) is 6.42 Å². The zero-order valence-corrected chi connectivity index (χ0v) is 8.66. The Balaban J connectivity index is 2.62. The van der Waals surface area contributed by atoms with E-state index in [1.807, 2.05) is 0 Å². The van der Waals surface area contributed by atoms with Gasteiger partial charge in [-0.15, -0.1) is 0 Å². The normalized spacial score (nSPS) is 36.9. The summed E-state index contributed by atoms with van der Waals surface area (Å²) in [5.74, 6) is -1.31. The minimum atomic E-state index is -1.43. The first-order valence-corrected chi connectivity index (χ1v) is 4.81. The van der Waals surface area contributed by atoms with E-state index in [0.717, 1.165) is 0 Å². The Morgan fingerprint density at radius 2 is 2.07 bits per heavy atom. The number of carboxylic acid groups (broad SMARTS) is 1. The maximum Gasteiger partial charge on any atom is 0.335 e. The van der Waals surface area contributed by atoms with Gasteiger partial charge in [0.15, 0.2) is 12.4 Å². The second kappa shape index (κ2) is 4.89. The number of aliphatic carboxylic acids is 1. The van der Waals surface area contributed by atoms with Gasteiger partial charge >= 0.3 is 5.97 Å². The molecule has 1 aliphatic rings. The van der Waals surface area contributed by atoms with Crippen molar-refractivity contribution in [3.05, 3.63) is 0 Å². The van der Waals surface area contributed by atoms with Crippen molar-refractivity contribution in [2.24, 2.45) is 0 Å². The van der Waals surface area contributed by atoms with Crippen LogP contribution < -0.4 is 0 Å². The summed E-state index contributed by atoms with van der Waals surface area (Å²) in [6.45, 7) is 3.55. The lowest BCUT2D eigenvalue weighted by molar-refractivity contribution is -0.260. The predicted octanol–water partition coefficient (Wildman–Crippen LogP) is -0.667. The number of hydrogen-bond acceptors (Lipinski definition) is 5. The van der Waals surface area contributed by atoms with Gasteiger partial charge in [-0.25, -0.2) is 4.79 Å². The molecule has 1 fully saturated rings. The highest BCUT2D eigenvalue weighted by Crippen LogP contribution is 2.22. The number of aliphatic hydroxyl groups is 2. The molecule has 0 aromatic heterocycles. The maximum absolute atomic E-state index is 10.7. The van der Waals surface area contributed by atoms with Crippen molar-refractivity contribution in [3.63, 3.8) is 0 Å². The Kier molecular flexibility index (Phi) is 4.04. The van der Waals surface area contributed by atoms with E-state index >= 15 is 0 Å². The quantitative estimate of drug-likeness (QED) is 0.584. The second-order valence-electron chi connectivity index (χ2n) is 3.80. The third-order valence-corrected chi connectivity index (χ3v) is 2.10. The van der Waals surface area contributed by atoms with Crippen LogP contribution in [-0.4, -0.2) is 52.0 Å². The summed E-state index contributed by atoms with van der Waals surface area (Å²) >= 11 is 0. The summed E-state index contributed by atoms with van der Waals surface area (Å²) in [4.78, 5) is 10.7. The molecular weight excluding hydrogens is 204 g/mol. The highest BCUT2D eigenvalue weighted by molar-refractivity contribution is 5.73. The molecular formula is C9H16O6. The Hall–Kier alpha value is -0.690. The van der Waals surface area contributed by atoms with Crippen LogP contribution in [0.2, 0.25) is 0 Å². The number of ether oxygens (including phenoxy) is 2. The summed E-state index contributed by atoms with van der Waals surface area (Å²) in [6, 6.07) is 0. The topological polar surface area (TPSA) is 96.2 Å². The number of aliphatic hydroxyl groups excluding tert-OH is 2. The van der Waals surface area contributed by atoms with E-state index in [0.29, 0.717) is 0 Å². The molecule has 6 nitrogen and oxygen atoms in total. The molecule has 88 valence electrons. The Morgan fingerprint density at radius 3 is 2.53 bits per heavy atom. The van der Waals surface area contributed by atoms with Gasteiger partial charge in [-0.3, -0.25) is 0 Å².